The van der Waals surface area contributed by atoms with Gasteiger partial charge in [-0.3, -0.25) is 0 Å². The maximum absolute atomic E-state index is 3.69. The number of likely N-dealkylation sites (tertiary alicyclic amines) is 1. The number of nitrogens with zero attached hydrogens (tertiary/aromatic N) is 1. The predicted octanol–water partition coefficient (Wildman–Crippen LogP) is 6.49. The zero-order valence-electron chi connectivity index (χ0n) is 18.1. The van der Waals surface area contributed by atoms with Crippen molar-refractivity contribution < 1.29 is 0 Å². The Kier molecular flexibility index (Phi) is 7.85. The minimum atomic E-state index is 0.769. The van der Waals surface area contributed by atoms with Crippen LogP contribution < -0.4 is 5.32 Å². The largest absolute Gasteiger partial charge is 0.313 e. The van der Waals surface area contributed by atoms with Crippen molar-refractivity contribution in [3.63, 3.8) is 0 Å². The van der Waals surface area contributed by atoms with Crippen molar-refractivity contribution in [3.05, 3.63) is 77.9 Å². The zero-order valence-corrected chi connectivity index (χ0v) is 19.0. The molecule has 4 rings (SSSR count). The van der Waals surface area contributed by atoms with E-state index in [0.717, 1.165) is 24.9 Å². The molecule has 2 nitrogen and oxygen atoms in total. The van der Waals surface area contributed by atoms with E-state index < -0.39 is 0 Å². The summed E-state index contributed by atoms with van der Waals surface area (Å²) < 4.78 is 0. The highest BCUT2D eigenvalue weighted by Crippen LogP contribution is 2.31. The van der Waals surface area contributed by atoms with Gasteiger partial charge in [0, 0.05) is 23.2 Å². The van der Waals surface area contributed by atoms with Crippen molar-refractivity contribution in [2.45, 2.75) is 55.8 Å². The molecule has 3 aromatic rings. The van der Waals surface area contributed by atoms with E-state index in [2.05, 4.69) is 83.9 Å². The predicted molar refractivity (Wildman–Crippen MR) is 131 cm³/mol. The van der Waals surface area contributed by atoms with Gasteiger partial charge in [-0.1, -0.05) is 67.1 Å². The van der Waals surface area contributed by atoms with Crippen LogP contribution >= 0.6 is 11.8 Å². The summed E-state index contributed by atoms with van der Waals surface area (Å²) in [4.78, 5) is 4.03. The minimum Gasteiger partial charge on any atom is -0.313 e. The Labute approximate surface area is 186 Å². The molecule has 30 heavy (non-hydrogen) atoms. The van der Waals surface area contributed by atoms with E-state index in [-0.39, 0.29) is 0 Å². The molecule has 1 unspecified atom stereocenters. The molecule has 1 N–H and O–H groups in total. The highest BCUT2D eigenvalue weighted by atomic mass is 32.2. The highest BCUT2D eigenvalue weighted by molar-refractivity contribution is 7.98. The molecule has 1 aliphatic rings. The first kappa shape index (κ1) is 21.4. The molecule has 158 valence electrons. The van der Waals surface area contributed by atoms with Gasteiger partial charge >= 0.3 is 0 Å². The van der Waals surface area contributed by atoms with Crippen LogP contribution in [0.2, 0.25) is 0 Å². The molecule has 0 spiro atoms. The van der Waals surface area contributed by atoms with E-state index in [4.69, 9.17) is 0 Å². The molecule has 0 saturated carbocycles. The Hall–Kier alpha value is -1.81. The maximum atomic E-state index is 3.69. The minimum absolute atomic E-state index is 0.769. The van der Waals surface area contributed by atoms with Crippen molar-refractivity contribution in [2.75, 3.05) is 19.6 Å². The smallest absolute Gasteiger partial charge is 0.0235 e. The Morgan fingerprint density at radius 1 is 0.933 bits per heavy atom. The topological polar surface area (TPSA) is 15.3 Å². The van der Waals surface area contributed by atoms with Gasteiger partial charge in [-0.15, -0.1) is 11.8 Å². The molecule has 0 radical (unpaired) electrons. The first-order valence-electron chi connectivity index (χ1n) is 11.4. The molecule has 1 saturated heterocycles. The fraction of sp³-hybridized carbons (Fsp3) is 0.407. The molecule has 0 amide bonds. The normalized spacial score (nSPS) is 17.4. The summed E-state index contributed by atoms with van der Waals surface area (Å²) in [6, 6.07) is 24.9. The fourth-order valence-corrected chi connectivity index (χ4v) is 5.58. The average molecular weight is 419 g/mol. The standard InChI is InChI=1S/C27H34N2S/c1-22-10-6-7-18-29(22)19-9-17-28-20-24-12-2-3-13-25(24)21-30-27-16-8-14-23-11-4-5-15-26(23)27/h2-5,8,11-16,22,28H,6-7,9-10,17-21H2,1H3. The molecular formula is C27H34N2S. The molecule has 3 heteroatoms. The van der Waals surface area contributed by atoms with Crippen LogP contribution in [0.3, 0.4) is 0 Å². The SMILES string of the molecule is CC1CCCCN1CCCNCc1ccccc1CSc1cccc2ccccc12. The third-order valence-corrected chi connectivity index (χ3v) is 7.43. The van der Waals surface area contributed by atoms with Crippen molar-refractivity contribution >= 4 is 22.5 Å². The average Bonchev–Trinajstić information content (AvgIpc) is 2.79. The fourth-order valence-electron chi connectivity index (χ4n) is 4.47. The molecule has 3 aromatic carbocycles. The summed E-state index contributed by atoms with van der Waals surface area (Å²) in [5, 5.41) is 6.36. The lowest BCUT2D eigenvalue weighted by molar-refractivity contribution is 0.159. The van der Waals surface area contributed by atoms with Crippen LogP contribution in [0.5, 0.6) is 0 Å². The number of thioether (sulfide) groups is 1. The van der Waals surface area contributed by atoms with Crippen LogP contribution in [-0.2, 0) is 12.3 Å². The molecule has 1 fully saturated rings. The van der Waals surface area contributed by atoms with Gasteiger partial charge in [-0.2, -0.15) is 0 Å². The lowest BCUT2D eigenvalue weighted by Gasteiger charge is -2.33. The summed E-state index contributed by atoms with van der Waals surface area (Å²) in [6.07, 6.45) is 5.38. The third-order valence-electron chi connectivity index (χ3n) is 6.31. The van der Waals surface area contributed by atoms with Gasteiger partial charge in [0.2, 0.25) is 0 Å². The van der Waals surface area contributed by atoms with Crippen LogP contribution in [0.15, 0.2) is 71.6 Å². The van der Waals surface area contributed by atoms with Crippen LogP contribution in [0.25, 0.3) is 10.8 Å². The number of fused-ring (bicyclic) bond motifs is 1. The summed E-state index contributed by atoms with van der Waals surface area (Å²) in [6.45, 7) is 6.95. The van der Waals surface area contributed by atoms with E-state index in [9.17, 15) is 0 Å². The van der Waals surface area contributed by atoms with Crippen LogP contribution in [0.1, 0.15) is 43.7 Å². The Bertz CT molecular complexity index is 934. The lowest BCUT2D eigenvalue weighted by atomic mass is 10.0. The van der Waals surface area contributed by atoms with E-state index in [1.807, 2.05) is 11.8 Å². The van der Waals surface area contributed by atoms with Gasteiger partial charge < -0.3 is 10.2 Å². The monoisotopic (exact) mass is 418 g/mol. The number of nitrogens with one attached hydrogen (secondary N) is 1. The van der Waals surface area contributed by atoms with E-state index >= 15 is 0 Å². The van der Waals surface area contributed by atoms with Gasteiger partial charge in [0.1, 0.15) is 0 Å². The number of rotatable bonds is 9. The highest BCUT2D eigenvalue weighted by Gasteiger charge is 2.17. The Balaban J connectivity index is 1.28. The van der Waals surface area contributed by atoms with E-state index in [1.165, 1.54) is 65.6 Å². The summed E-state index contributed by atoms with van der Waals surface area (Å²) in [5.41, 5.74) is 2.86. The van der Waals surface area contributed by atoms with Crippen molar-refractivity contribution in [1.82, 2.24) is 10.2 Å². The van der Waals surface area contributed by atoms with E-state index in [1.54, 1.807) is 0 Å². The van der Waals surface area contributed by atoms with Gasteiger partial charge in [-0.05, 0) is 73.8 Å². The molecule has 1 atom stereocenters. The molecule has 1 aliphatic heterocycles. The first-order chi connectivity index (χ1) is 14.8. The van der Waals surface area contributed by atoms with Gasteiger partial charge in [0.25, 0.3) is 0 Å². The second-order valence-electron chi connectivity index (χ2n) is 8.45. The molecule has 1 heterocycles. The number of hydrogen-bond donors (Lipinski definition) is 1. The van der Waals surface area contributed by atoms with Gasteiger partial charge in [-0.25, -0.2) is 0 Å². The molecule has 0 bridgehead atoms. The Morgan fingerprint density at radius 3 is 2.63 bits per heavy atom. The first-order valence-corrected chi connectivity index (χ1v) is 12.4. The lowest BCUT2D eigenvalue weighted by Crippen LogP contribution is -2.38. The van der Waals surface area contributed by atoms with Crippen molar-refractivity contribution in [3.8, 4) is 0 Å². The van der Waals surface area contributed by atoms with Crippen LogP contribution in [0, 0.1) is 0 Å². The summed E-state index contributed by atoms with van der Waals surface area (Å²) >= 11 is 1.95. The summed E-state index contributed by atoms with van der Waals surface area (Å²) in [5.74, 6) is 1.01. The third kappa shape index (κ3) is 5.66. The van der Waals surface area contributed by atoms with Gasteiger partial charge in [0.15, 0.2) is 0 Å². The zero-order chi connectivity index (χ0) is 20.6. The van der Waals surface area contributed by atoms with Crippen molar-refractivity contribution in [1.29, 1.82) is 0 Å². The van der Waals surface area contributed by atoms with Gasteiger partial charge in [0.05, 0.1) is 0 Å². The number of piperidine rings is 1. The second-order valence-corrected chi connectivity index (χ2v) is 9.46. The molecule has 0 aromatic heterocycles. The Morgan fingerprint density at radius 2 is 1.73 bits per heavy atom. The quantitative estimate of drug-likeness (QED) is 0.316. The summed E-state index contributed by atoms with van der Waals surface area (Å²) in [7, 11) is 0. The van der Waals surface area contributed by atoms with Crippen LogP contribution in [-0.4, -0.2) is 30.6 Å². The molecule has 0 aliphatic carbocycles. The number of benzene rings is 3. The maximum Gasteiger partial charge on any atom is 0.0235 e. The second kappa shape index (κ2) is 11.0. The number of hydrogen-bond acceptors (Lipinski definition) is 3. The molecular weight excluding hydrogens is 384 g/mol. The van der Waals surface area contributed by atoms with Crippen molar-refractivity contribution in [2.24, 2.45) is 0 Å². The van der Waals surface area contributed by atoms with E-state index in [0.29, 0.717) is 0 Å². The van der Waals surface area contributed by atoms with Crippen LogP contribution in [0.4, 0.5) is 0 Å².